The van der Waals surface area contributed by atoms with Crippen molar-refractivity contribution in [2.75, 3.05) is 30.6 Å². The summed E-state index contributed by atoms with van der Waals surface area (Å²) in [6.45, 7) is -0.219. The molecule has 3 heterocycles. The lowest BCUT2D eigenvalue weighted by molar-refractivity contribution is -0.673. The molecule has 13 nitrogen and oxygen atoms in total. The van der Waals surface area contributed by atoms with Gasteiger partial charge in [-0.15, -0.1) is 0 Å². The molecule has 2 aromatic heterocycles. The molecule has 0 atom stereocenters. The van der Waals surface area contributed by atoms with Gasteiger partial charge in [0.1, 0.15) is 24.7 Å². The number of methoxy groups -OCH3 is 1. The van der Waals surface area contributed by atoms with Crippen molar-refractivity contribution < 1.29 is 45.6 Å². The number of amides is 1. The predicted octanol–water partition coefficient (Wildman–Crippen LogP) is 1.39. The van der Waals surface area contributed by atoms with Gasteiger partial charge >= 0.3 is 0 Å². The van der Waals surface area contributed by atoms with E-state index in [2.05, 4.69) is 4.89 Å². The third kappa shape index (κ3) is 6.94. The number of thioether (sulfide) groups is 1. The Morgan fingerprint density at radius 3 is 2.58 bits per heavy atom. The van der Waals surface area contributed by atoms with Crippen molar-refractivity contribution in [3.8, 4) is 5.75 Å². The largest absolute Gasteiger partial charge is 0.748 e. The first-order chi connectivity index (χ1) is 18.8. The predicted molar refractivity (Wildman–Crippen MR) is 147 cm³/mol. The summed E-state index contributed by atoms with van der Waals surface area (Å²) in [7, 11) is -4.95. The molecule has 0 spiro atoms. The Hall–Kier alpha value is -3.15. The molecule has 3 aromatic rings. The molecule has 0 fully saturated rings. The minimum absolute atomic E-state index is 0.0708. The Bertz CT molecular complexity index is 1700. The zero-order valence-electron chi connectivity index (χ0n) is 21.9. The number of aromatic nitrogens is 2. The Labute approximate surface area is 235 Å². The summed E-state index contributed by atoms with van der Waals surface area (Å²) in [5.41, 5.74) is 2.01. The third-order valence-electron chi connectivity index (χ3n) is 6.14. The number of aryl methyl sites for hydroxylation is 1. The van der Waals surface area contributed by atoms with E-state index in [0.717, 1.165) is 22.1 Å². The molecular formula is C24H28N4O9S3. The molecule has 216 valence electrons. The number of carbonyl (C=O) groups excluding carboxylic acids is 1. The molecule has 0 unspecified atom stereocenters. The summed E-state index contributed by atoms with van der Waals surface area (Å²) in [6.07, 6.45) is 2.76. The summed E-state index contributed by atoms with van der Waals surface area (Å²) in [5.74, 6) is -0.106. The second kappa shape index (κ2) is 11.8. The number of sulfonamides is 1. The number of ether oxygens (including phenoxy) is 1. The fraction of sp³-hybridized carbons (Fsp3) is 0.333. The lowest BCUT2D eigenvalue weighted by atomic mass is 10.1. The monoisotopic (exact) mass is 612 g/mol. The van der Waals surface area contributed by atoms with E-state index >= 15 is 0 Å². The van der Waals surface area contributed by atoms with Crippen LogP contribution in [-0.2, 0) is 50.0 Å². The van der Waals surface area contributed by atoms with E-state index in [1.54, 1.807) is 40.8 Å². The highest BCUT2D eigenvalue weighted by atomic mass is 32.2. The summed E-state index contributed by atoms with van der Waals surface area (Å²) in [6, 6.07) is 11.0. The average molecular weight is 613 g/mol. The fourth-order valence-electron chi connectivity index (χ4n) is 4.45. The van der Waals surface area contributed by atoms with Gasteiger partial charge in [0.25, 0.3) is 5.91 Å². The second-order valence-corrected chi connectivity index (χ2v) is 13.4. The highest BCUT2D eigenvalue weighted by molar-refractivity contribution is 8.03. The maximum atomic E-state index is 12.7. The molecule has 0 bridgehead atoms. The van der Waals surface area contributed by atoms with Crippen LogP contribution in [0.4, 0.5) is 5.82 Å². The molecule has 0 aliphatic carbocycles. The Balaban J connectivity index is 1.81. The van der Waals surface area contributed by atoms with Gasteiger partial charge in [-0.25, -0.2) is 21.7 Å². The molecule has 2 N–H and O–H groups in total. The smallest absolute Gasteiger partial charge is 0.253 e. The standard InChI is InChI=1S/C24H28N4O9S3/c1-26-18(15-37-30)11-21-24(26)28(14-22(29)25-39(3,31)32)23(38-21)12-17-7-5-16-6-8-19(36-2)13-20(16)27(17)9-4-10-40(33,34)35/h5-8,11-13H,4,9-10,14-15H2,1-3H3,(H2-,25,29,30,33,34,35). The number of hydrogen-bond donors (Lipinski definition) is 2. The number of nitrogens with zero attached hydrogens (tertiary/aromatic N) is 3. The van der Waals surface area contributed by atoms with Crippen LogP contribution in [-0.4, -0.2) is 62.8 Å². The van der Waals surface area contributed by atoms with Gasteiger partial charge in [0.15, 0.2) is 6.54 Å². The highest BCUT2D eigenvalue weighted by Gasteiger charge is 2.33. The van der Waals surface area contributed by atoms with E-state index in [1.165, 1.54) is 18.9 Å². The third-order valence-corrected chi connectivity index (χ3v) is 8.59. The van der Waals surface area contributed by atoms with Gasteiger partial charge in [0.05, 0.1) is 39.5 Å². The van der Waals surface area contributed by atoms with Gasteiger partial charge in [0.2, 0.25) is 21.2 Å². The molecule has 40 heavy (non-hydrogen) atoms. The first kappa shape index (κ1) is 29.8. The zero-order valence-corrected chi connectivity index (χ0v) is 24.3. The van der Waals surface area contributed by atoms with Crippen molar-refractivity contribution in [1.29, 1.82) is 0 Å². The second-order valence-electron chi connectivity index (χ2n) is 9.07. The van der Waals surface area contributed by atoms with Crippen LogP contribution in [0.15, 0.2) is 46.3 Å². The lowest BCUT2D eigenvalue weighted by Gasteiger charge is -2.21. The number of hydrogen-bond acceptors (Lipinski definition) is 11. The number of benzene rings is 1. The number of pyridine rings is 1. The number of rotatable bonds is 11. The zero-order chi connectivity index (χ0) is 29.2. The average Bonchev–Trinajstić information content (AvgIpc) is 3.33. The number of nitrogens with one attached hydrogen (secondary N) is 1. The normalized spacial score (nSPS) is 14.6. The highest BCUT2D eigenvalue weighted by Crippen LogP contribution is 2.48. The van der Waals surface area contributed by atoms with Crippen molar-refractivity contribution in [2.45, 2.75) is 24.5 Å². The van der Waals surface area contributed by atoms with Crippen molar-refractivity contribution in [3.05, 3.63) is 52.8 Å². The van der Waals surface area contributed by atoms with Crippen LogP contribution in [0.1, 0.15) is 17.8 Å². The van der Waals surface area contributed by atoms with Crippen LogP contribution in [0.25, 0.3) is 17.0 Å². The van der Waals surface area contributed by atoms with Crippen LogP contribution in [0.5, 0.6) is 5.75 Å². The first-order valence-corrected chi connectivity index (χ1v) is 16.1. The fourth-order valence-corrected chi connectivity index (χ4v) is 6.61. The summed E-state index contributed by atoms with van der Waals surface area (Å²) in [4.78, 5) is 19.3. The minimum atomic E-state index is -4.42. The molecule has 0 radical (unpaired) electrons. The minimum Gasteiger partial charge on any atom is -0.748 e. The van der Waals surface area contributed by atoms with Gasteiger partial charge in [-0.1, -0.05) is 11.8 Å². The first-order valence-electron chi connectivity index (χ1n) is 11.9. The number of fused-ring (bicyclic) bond motifs is 2. The lowest BCUT2D eigenvalue weighted by Crippen LogP contribution is -2.40. The van der Waals surface area contributed by atoms with Crippen LogP contribution in [0, 0.1) is 0 Å². The van der Waals surface area contributed by atoms with Crippen molar-refractivity contribution in [3.63, 3.8) is 0 Å². The Morgan fingerprint density at radius 2 is 1.93 bits per heavy atom. The molecular weight excluding hydrogens is 584 g/mol. The SMILES string of the molecule is COc1ccc2ccc(C=C3Sc4cc(COO)n(C)c4N3CC(=O)NS(C)(=O)=O)[n+](CCCS(=O)(=O)[O-])c2c1. The van der Waals surface area contributed by atoms with Crippen LogP contribution < -0.4 is 18.9 Å². The molecule has 4 rings (SSSR count). The Kier molecular flexibility index (Phi) is 8.77. The Morgan fingerprint density at radius 1 is 1.20 bits per heavy atom. The van der Waals surface area contributed by atoms with Gasteiger partial charge in [-0.3, -0.25) is 14.8 Å². The molecule has 16 heteroatoms. The van der Waals surface area contributed by atoms with Crippen LogP contribution in [0.2, 0.25) is 0 Å². The van der Waals surface area contributed by atoms with Gasteiger partial charge in [-0.05, 0) is 24.3 Å². The van der Waals surface area contributed by atoms with E-state index in [4.69, 9.17) is 9.99 Å². The number of anilines is 1. The molecule has 0 saturated carbocycles. The van der Waals surface area contributed by atoms with E-state index < -0.39 is 31.8 Å². The van der Waals surface area contributed by atoms with Crippen LogP contribution in [0.3, 0.4) is 0 Å². The molecule has 1 aliphatic heterocycles. The summed E-state index contributed by atoms with van der Waals surface area (Å²) < 4.78 is 68.2. The van der Waals surface area contributed by atoms with E-state index in [9.17, 15) is 26.2 Å². The van der Waals surface area contributed by atoms with E-state index in [0.29, 0.717) is 28.0 Å². The quantitative estimate of drug-likeness (QED) is 0.139. The molecule has 0 saturated heterocycles. The van der Waals surface area contributed by atoms with Gasteiger partial charge in [-0.2, -0.15) is 4.57 Å². The van der Waals surface area contributed by atoms with Crippen molar-refractivity contribution in [1.82, 2.24) is 9.29 Å². The van der Waals surface area contributed by atoms with E-state index in [1.807, 2.05) is 27.5 Å². The maximum absolute atomic E-state index is 12.7. The molecule has 1 amide bonds. The number of carbonyl (C=O) groups is 1. The topological polar surface area (TPSA) is 171 Å². The van der Waals surface area contributed by atoms with E-state index in [-0.39, 0.29) is 26.1 Å². The van der Waals surface area contributed by atoms with Gasteiger partial charge in [0, 0.05) is 42.4 Å². The summed E-state index contributed by atoms with van der Waals surface area (Å²) >= 11 is 1.33. The summed E-state index contributed by atoms with van der Waals surface area (Å²) in [5, 5.41) is 10.4. The molecule has 1 aromatic carbocycles. The molecule has 1 aliphatic rings. The van der Waals surface area contributed by atoms with Crippen molar-refractivity contribution >= 4 is 60.6 Å². The maximum Gasteiger partial charge on any atom is 0.253 e. The van der Waals surface area contributed by atoms with Crippen molar-refractivity contribution in [2.24, 2.45) is 7.05 Å². The van der Waals surface area contributed by atoms with Crippen LogP contribution >= 0.6 is 11.8 Å². The van der Waals surface area contributed by atoms with Gasteiger partial charge < -0.3 is 18.8 Å².